The van der Waals surface area contributed by atoms with Gasteiger partial charge in [-0.25, -0.2) is 0 Å². The normalized spacial score (nSPS) is 23.6. The van der Waals surface area contributed by atoms with Crippen molar-refractivity contribution < 1.29 is 4.79 Å². The molecule has 3 rings (SSSR count). The van der Waals surface area contributed by atoms with Gasteiger partial charge < -0.3 is 15.5 Å². The third kappa shape index (κ3) is 6.25. The minimum atomic E-state index is 0. The van der Waals surface area contributed by atoms with Crippen LogP contribution in [0.25, 0.3) is 0 Å². The molecule has 0 aromatic rings. The van der Waals surface area contributed by atoms with E-state index >= 15 is 0 Å². The van der Waals surface area contributed by atoms with Gasteiger partial charge in [0.15, 0.2) is 5.96 Å². The van der Waals surface area contributed by atoms with Gasteiger partial charge in [0.1, 0.15) is 0 Å². The second-order valence-electron chi connectivity index (χ2n) is 7.79. The minimum absolute atomic E-state index is 0. The number of hydrogen-bond acceptors (Lipinski definition) is 3. The number of guanidine groups is 1. The average molecular weight is 477 g/mol. The van der Waals surface area contributed by atoms with Gasteiger partial charge in [-0.2, -0.15) is 0 Å². The maximum absolute atomic E-state index is 12.5. The molecule has 1 amide bonds. The van der Waals surface area contributed by atoms with Crippen LogP contribution in [0.1, 0.15) is 51.4 Å². The van der Waals surface area contributed by atoms with Crippen LogP contribution in [0.15, 0.2) is 4.99 Å². The lowest BCUT2D eigenvalue weighted by Gasteiger charge is -2.35. The lowest BCUT2D eigenvalue weighted by atomic mass is 10.1. The van der Waals surface area contributed by atoms with E-state index in [2.05, 4.69) is 19.7 Å². The van der Waals surface area contributed by atoms with Gasteiger partial charge in [-0.1, -0.05) is 25.7 Å². The molecule has 26 heavy (non-hydrogen) atoms. The monoisotopic (exact) mass is 477 g/mol. The predicted octanol–water partition coefficient (Wildman–Crippen LogP) is 2.13. The molecule has 2 aliphatic heterocycles. The van der Waals surface area contributed by atoms with Crippen LogP contribution < -0.4 is 5.73 Å². The van der Waals surface area contributed by atoms with E-state index < -0.39 is 0 Å². The van der Waals surface area contributed by atoms with E-state index in [1.54, 1.807) is 0 Å². The van der Waals surface area contributed by atoms with Crippen LogP contribution >= 0.6 is 24.0 Å². The molecule has 0 unspecified atom stereocenters. The SMILES string of the molecule is I.NC(=NCCN1CCN(C(=O)C2CCCC2)CC1)N1CCCCCC1. The van der Waals surface area contributed by atoms with Crippen molar-refractivity contribution in [1.29, 1.82) is 0 Å². The lowest BCUT2D eigenvalue weighted by molar-refractivity contribution is -0.137. The standard InChI is InChI=1S/C19H35N5O.HI/c20-19(24-10-5-1-2-6-11-24)21-9-12-22-13-15-23(16-14-22)18(25)17-7-3-4-8-17;/h17H,1-16H2,(H2,20,21);1H. The van der Waals surface area contributed by atoms with Crippen LogP contribution in [0.2, 0.25) is 0 Å². The zero-order valence-corrected chi connectivity index (χ0v) is 18.4. The Morgan fingerprint density at radius 2 is 1.46 bits per heavy atom. The van der Waals surface area contributed by atoms with Crippen molar-refractivity contribution >= 4 is 35.8 Å². The summed E-state index contributed by atoms with van der Waals surface area (Å²) in [6.07, 6.45) is 9.74. The van der Waals surface area contributed by atoms with Crippen LogP contribution in [-0.2, 0) is 4.79 Å². The smallest absolute Gasteiger partial charge is 0.225 e. The second-order valence-corrected chi connectivity index (χ2v) is 7.79. The van der Waals surface area contributed by atoms with Gasteiger partial charge in [-0.15, -0.1) is 24.0 Å². The highest BCUT2D eigenvalue weighted by Gasteiger charge is 2.29. The number of piperazine rings is 1. The summed E-state index contributed by atoms with van der Waals surface area (Å²) in [6.45, 7) is 7.50. The summed E-state index contributed by atoms with van der Waals surface area (Å²) in [7, 11) is 0. The van der Waals surface area contributed by atoms with Crippen LogP contribution in [0, 0.1) is 5.92 Å². The number of aliphatic imine (C=N–C) groups is 1. The van der Waals surface area contributed by atoms with Crippen LogP contribution in [0.4, 0.5) is 0 Å². The average Bonchev–Trinajstić information content (AvgIpc) is 3.04. The molecule has 3 aliphatic rings. The fourth-order valence-corrected chi connectivity index (χ4v) is 4.33. The zero-order chi connectivity index (χ0) is 17.5. The Bertz CT molecular complexity index is 451. The van der Waals surface area contributed by atoms with E-state index in [1.165, 1.54) is 38.5 Å². The quantitative estimate of drug-likeness (QED) is 0.383. The number of amides is 1. The van der Waals surface area contributed by atoms with Crippen LogP contribution in [-0.4, -0.2) is 78.9 Å². The summed E-state index contributed by atoms with van der Waals surface area (Å²) >= 11 is 0. The topological polar surface area (TPSA) is 65.2 Å². The first-order chi connectivity index (χ1) is 12.2. The Labute approximate surface area is 175 Å². The molecule has 6 nitrogen and oxygen atoms in total. The molecule has 0 aromatic carbocycles. The summed E-state index contributed by atoms with van der Waals surface area (Å²) in [5.41, 5.74) is 6.17. The first-order valence-corrected chi connectivity index (χ1v) is 10.3. The van der Waals surface area contributed by atoms with Crippen molar-refractivity contribution in [3.63, 3.8) is 0 Å². The first kappa shape index (κ1) is 21.7. The molecule has 0 aromatic heterocycles. The van der Waals surface area contributed by atoms with Crippen molar-refractivity contribution in [3.8, 4) is 0 Å². The third-order valence-corrected chi connectivity index (χ3v) is 6.01. The van der Waals surface area contributed by atoms with Crippen molar-refractivity contribution in [1.82, 2.24) is 14.7 Å². The van der Waals surface area contributed by atoms with Gasteiger partial charge in [-0.05, 0) is 25.7 Å². The zero-order valence-electron chi connectivity index (χ0n) is 16.1. The first-order valence-electron chi connectivity index (χ1n) is 10.3. The Morgan fingerprint density at radius 1 is 0.846 bits per heavy atom. The Hall–Kier alpha value is -0.570. The van der Waals surface area contributed by atoms with Gasteiger partial charge in [0.05, 0.1) is 6.54 Å². The molecule has 0 atom stereocenters. The van der Waals surface area contributed by atoms with E-state index in [-0.39, 0.29) is 24.0 Å². The van der Waals surface area contributed by atoms with E-state index in [0.29, 0.717) is 11.8 Å². The Balaban J connectivity index is 0.00000243. The van der Waals surface area contributed by atoms with E-state index in [1.807, 2.05) is 0 Å². The summed E-state index contributed by atoms with van der Waals surface area (Å²) in [4.78, 5) is 23.8. The van der Waals surface area contributed by atoms with Crippen LogP contribution in [0.3, 0.4) is 0 Å². The predicted molar refractivity (Wildman–Crippen MR) is 117 cm³/mol. The lowest BCUT2D eigenvalue weighted by Crippen LogP contribution is -2.50. The molecule has 0 radical (unpaired) electrons. The fraction of sp³-hybridized carbons (Fsp3) is 0.895. The van der Waals surface area contributed by atoms with Crippen molar-refractivity contribution in [2.75, 3.05) is 52.4 Å². The van der Waals surface area contributed by atoms with Crippen molar-refractivity contribution in [3.05, 3.63) is 0 Å². The molecule has 2 saturated heterocycles. The molecule has 1 aliphatic carbocycles. The van der Waals surface area contributed by atoms with E-state index in [9.17, 15) is 4.79 Å². The minimum Gasteiger partial charge on any atom is -0.370 e. The molecule has 3 fully saturated rings. The van der Waals surface area contributed by atoms with Crippen LogP contribution in [0.5, 0.6) is 0 Å². The molecule has 2 heterocycles. The van der Waals surface area contributed by atoms with Gasteiger partial charge in [0, 0.05) is 51.7 Å². The molecule has 0 spiro atoms. The Morgan fingerprint density at radius 3 is 2.08 bits per heavy atom. The summed E-state index contributed by atoms with van der Waals surface area (Å²) in [6, 6.07) is 0. The summed E-state index contributed by atoms with van der Waals surface area (Å²) in [5.74, 6) is 1.43. The van der Waals surface area contributed by atoms with E-state index in [0.717, 1.165) is 71.2 Å². The number of nitrogens with zero attached hydrogens (tertiary/aromatic N) is 4. The highest BCUT2D eigenvalue weighted by molar-refractivity contribution is 14.0. The second kappa shape index (κ2) is 11.3. The molecule has 150 valence electrons. The molecular formula is C19H36IN5O. The van der Waals surface area contributed by atoms with Gasteiger partial charge >= 0.3 is 0 Å². The maximum atomic E-state index is 12.5. The highest BCUT2D eigenvalue weighted by Crippen LogP contribution is 2.26. The van der Waals surface area contributed by atoms with Gasteiger partial charge in [0.2, 0.25) is 5.91 Å². The maximum Gasteiger partial charge on any atom is 0.225 e. The highest BCUT2D eigenvalue weighted by atomic mass is 127. The molecule has 0 bridgehead atoms. The molecule has 2 N–H and O–H groups in total. The fourth-order valence-electron chi connectivity index (χ4n) is 4.33. The summed E-state index contributed by atoms with van der Waals surface area (Å²) in [5, 5.41) is 0. The number of hydrogen-bond donors (Lipinski definition) is 1. The van der Waals surface area contributed by atoms with Crippen molar-refractivity contribution in [2.24, 2.45) is 16.6 Å². The van der Waals surface area contributed by atoms with Crippen molar-refractivity contribution in [2.45, 2.75) is 51.4 Å². The van der Waals surface area contributed by atoms with Gasteiger partial charge in [-0.3, -0.25) is 14.7 Å². The number of nitrogens with two attached hydrogens (primary N) is 1. The Kier molecular flexibility index (Phi) is 9.45. The number of halogens is 1. The number of carbonyl (C=O) groups excluding carboxylic acids is 1. The summed E-state index contributed by atoms with van der Waals surface area (Å²) < 4.78 is 0. The number of likely N-dealkylation sites (tertiary alicyclic amines) is 1. The third-order valence-electron chi connectivity index (χ3n) is 6.01. The molecule has 7 heteroatoms. The van der Waals surface area contributed by atoms with Gasteiger partial charge in [0.25, 0.3) is 0 Å². The largest absolute Gasteiger partial charge is 0.370 e. The number of rotatable bonds is 4. The molecule has 1 saturated carbocycles. The van der Waals surface area contributed by atoms with E-state index in [4.69, 9.17) is 5.73 Å². The molecular weight excluding hydrogens is 441 g/mol. The number of carbonyl (C=O) groups is 1.